The smallest absolute Gasteiger partial charge is 0.178 e. The molecule has 0 radical (unpaired) electrons. The minimum atomic E-state index is 0.707. The number of rotatable bonds is 3. The number of aromatic amines is 1. The van der Waals surface area contributed by atoms with Gasteiger partial charge in [-0.3, -0.25) is 9.88 Å². The van der Waals surface area contributed by atoms with Crippen LogP contribution in [-0.4, -0.2) is 31.4 Å². The van der Waals surface area contributed by atoms with E-state index >= 15 is 0 Å². The van der Waals surface area contributed by atoms with Crippen LogP contribution in [-0.2, 0) is 19.5 Å². The van der Waals surface area contributed by atoms with Crippen molar-refractivity contribution < 1.29 is 0 Å². The molecule has 0 unspecified atom stereocenters. The van der Waals surface area contributed by atoms with Gasteiger partial charge in [-0.15, -0.1) is 0 Å². The lowest BCUT2D eigenvalue weighted by molar-refractivity contribution is 0.242. The molecule has 4 aromatic rings. The summed E-state index contributed by atoms with van der Waals surface area (Å²) in [6.07, 6.45) is 6.88. The van der Waals surface area contributed by atoms with Gasteiger partial charge in [0.25, 0.3) is 0 Å². The lowest BCUT2D eigenvalue weighted by atomic mass is 10.0. The zero-order chi connectivity index (χ0) is 18.2. The van der Waals surface area contributed by atoms with E-state index in [1.165, 1.54) is 27.6 Å². The fourth-order valence-electron chi connectivity index (χ4n) is 3.77. The van der Waals surface area contributed by atoms with Gasteiger partial charge in [-0.25, -0.2) is 9.97 Å². The van der Waals surface area contributed by atoms with E-state index < -0.39 is 0 Å². The number of hydrogen-bond acceptors (Lipinski definition) is 4. The van der Waals surface area contributed by atoms with Gasteiger partial charge in [-0.1, -0.05) is 17.7 Å². The second-order valence-electron chi connectivity index (χ2n) is 7.20. The molecule has 1 aliphatic rings. The van der Waals surface area contributed by atoms with Crippen LogP contribution in [0, 0.1) is 6.92 Å². The summed E-state index contributed by atoms with van der Waals surface area (Å²) in [6, 6.07) is 12.4. The van der Waals surface area contributed by atoms with Gasteiger partial charge < -0.3 is 4.98 Å². The molecule has 5 nitrogen and oxygen atoms in total. The fraction of sp³-hybridized carbons (Fsp3) is 0.227. The van der Waals surface area contributed by atoms with Crippen molar-refractivity contribution in [1.29, 1.82) is 0 Å². The van der Waals surface area contributed by atoms with Gasteiger partial charge >= 0.3 is 0 Å². The molecule has 1 N–H and O–H groups in total. The molecule has 0 amide bonds. The summed E-state index contributed by atoms with van der Waals surface area (Å²) in [5.41, 5.74) is 7.03. The molecule has 0 spiro atoms. The van der Waals surface area contributed by atoms with E-state index in [-0.39, 0.29) is 0 Å². The molecular formula is C22H21N5. The van der Waals surface area contributed by atoms with Gasteiger partial charge in [0.2, 0.25) is 0 Å². The lowest BCUT2D eigenvalue weighted by Gasteiger charge is -2.27. The van der Waals surface area contributed by atoms with Crippen molar-refractivity contribution in [3.63, 3.8) is 0 Å². The summed E-state index contributed by atoms with van der Waals surface area (Å²) in [7, 11) is 0. The Bertz CT molecular complexity index is 1100. The maximum Gasteiger partial charge on any atom is 0.178 e. The molecule has 0 aliphatic carbocycles. The van der Waals surface area contributed by atoms with Crippen molar-refractivity contribution in [2.45, 2.75) is 26.4 Å². The van der Waals surface area contributed by atoms with E-state index in [1.54, 1.807) is 6.20 Å². The molecule has 1 aromatic carbocycles. The van der Waals surface area contributed by atoms with E-state index in [9.17, 15) is 0 Å². The van der Waals surface area contributed by atoms with Gasteiger partial charge in [-0.05, 0) is 48.7 Å². The third-order valence-corrected chi connectivity index (χ3v) is 5.24. The first-order chi connectivity index (χ1) is 13.3. The number of pyridine rings is 1. The van der Waals surface area contributed by atoms with Crippen LogP contribution < -0.4 is 0 Å². The minimum absolute atomic E-state index is 0.707. The number of hydrogen-bond donors (Lipinski definition) is 1. The van der Waals surface area contributed by atoms with Crippen molar-refractivity contribution in [3.8, 4) is 11.5 Å². The van der Waals surface area contributed by atoms with Crippen LogP contribution in [0.3, 0.4) is 0 Å². The number of aromatic nitrogens is 4. The first-order valence-corrected chi connectivity index (χ1v) is 9.31. The number of nitrogens with one attached hydrogen (secondary N) is 1. The Morgan fingerprint density at radius 3 is 3.00 bits per heavy atom. The first kappa shape index (κ1) is 16.1. The molecule has 27 heavy (non-hydrogen) atoms. The third-order valence-electron chi connectivity index (χ3n) is 5.24. The topological polar surface area (TPSA) is 57.7 Å². The highest BCUT2D eigenvalue weighted by Crippen LogP contribution is 2.25. The molecule has 134 valence electrons. The van der Waals surface area contributed by atoms with Crippen molar-refractivity contribution in [3.05, 3.63) is 77.4 Å². The highest BCUT2D eigenvalue weighted by Gasteiger charge is 2.20. The number of aryl methyl sites for hydroxylation is 1. The summed E-state index contributed by atoms with van der Waals surface area (Å²) < 4.78 is 0. The molecule has 0 atom stereocenters. The van der Waals surface area contributed by atoms with Crippen LogP contribution >= 0.6 is 0 Å². The summed E-state index contributed by atoms with van der Waals surface area (Å²) in [5.74, 6) is 0.707. The van der Waals surface area contributed by atoms with E-state index in [1.807, 2.05) is 24.4 Å². The third kappa shape index (κ3) is 3.11. The largest absolute Gasteiger partial charge is 0.361 e. The Balaban J connectivity index is 1.41. The quantitative estimate of drug-likeness (QED) is 0.606. The summed E-state index contributed by atoms with van der Waals surface area (Å²) in [6.45, 7) is 4.93. The molecule has 5 heteroatoms. The van der Waals surface area contributed by atoms with Crippen LogP contribution in [0.4, 0.5) is 0 Å². The first-order valence-electron chi connectivity index (χ1n) is 9.31. The number of H-pyrrole nitrogens is 1. The maximum atomic E-state index is 4.82. The monoisotopic (exact) mass is 355 g/mol. The Kier molecular flexibility index (Phi) is 3.94. The van der Waals surface area contributed by atoms with Gasteiger partial charge in [0.1, 0.15) is 5.69 Å². The zero-order valence-electron chi connectivity index (χ0n) is 15.3. The normalized spacial score (nSPS) is 14.4. The van der Waals surface area contributed by atoms with Gasteiger partial charge in [-0.2, -0.15) is 0 Å². The highest BCUT2D eigenvalue weighted by atomic mass is 15.1. The second kappa shape index (κ2) is 6.59. The predicted molar refractivity (Wildman–Crippen MR) is 106 cm³/mol. The summed E-state index contributed by atoms with van der Waals surface area (Å²) in [4.78, 5) is 19.6. The van der Waals surface area contributed by atoms with E-state index in [0.29, 0.717) is 5.82 Å². The molecule has 0 fully saturated rings. The summed E-state index contributed by atoms with van der Waals surface area (Å²) in [5, 5.41) is 1.32. The molecule has 5 rings (SSSR count). The number of fused-ring (bicyclic) bond motifs is 2. The van der Waals surface area contributed by atoms with E-state index in [4.69, 9.17) is 4.98 Å². The Labute approximate surface area is 158 Å². The molecule has 4 heterocycles. The van der Waals surface area contributed by atoms with Gasteiger partial charge in [0, 0.05) is 49.1 Å². The Morgan fingerprint density at radius 2 is 2.11 bits per heavy atom. The molecule has 3 aromatic heterocycles. The SMILES string of the molecule is Cc1ccc2[nH]cc(CN3CCc4cnc(-c5ccccn5)nc4C3)c2c1. The average Bonchev–Trinajstić information content (AvgIpc) is 3.10. The van der Waals surface area contributed by atoms with Crippen LogP contribution in [0.5, 0.6) is 0 Å². The molecule has 0 bridgehead atoms. The molecule has 0 saturated heterocycles. The van der Waals surface area contributed by atoms with Crippen molar-refractivity contribution in [2.75, 3.05) is 6.54 Å². The van der Waals surface area contributed by atoms with Crippen LogP contribution in [0.2, 0.25) is 0 Å². The average molecular weight is 355 g/mol. The van der Waals surface area contributed by atoms with E-state index in [2.05, 4.69) is 51.2 Å². The van der Waals surface area contributed by atoms with Gasteiger partial charge in [0.05, 0.1) is 5.69 Å². The number of nitrogens with zero attached hydrogens (tertiary/aromatic N) is 4. The molecular weight excluding hydrogens is 334 g/mol. The van der Waals surface area contributed by atoms with Crippen LogP contribution in [0.15, 0.2) is 55.0 Å². The standard InChI is InChI=1S/C22H21N5/c1-15-5-6-19-18(10-15)17(12-24-19)13-27-9-7-16-11-25-22(26-21(16)14-27)20-4-2-3-8-23-20/h2-6,8,10-12,24H,7,9,13-14H2,1H3. The van der Waals surface area contributed by atoms with Crippen molar-refractivity contribution in [2.24, 2.45) is 0 Å². The van der Waals surface area contributed by atoms with Crippen molar-refractivity contribution >= 4 is 10.9 Å². The van der Waals surface area contributed by atoms with E-state index in [0.717, 1.165) is 37.4 Å². The predicted octanol–water partition coefficient (Wildman–Crippen LogP) is 3.89. The second-order valence-corrected chi connectivity index (χ2v) is 7.20. The maximum absolute atomic E-state index is 4.82. The minimum Gasteiger partial charge on any atom is -0.361 e. The summed E-state index contributed by atoms with van der Waals surface area (Å²) >= 11 is 0. The zero-order valence-corrected chi connectivity index (χ0v) is 15.3. The molecule has 0 saturated carbocycles. The Morgan fingerprint density at radius 1 is 1.15 bits per heavy atom. The van der Waals surface area contributed by atoms with Crippen LogP contribution in [0.25, 0.3) is 22.4 Å². The van der Waals surface area contributed by atoms with Crippen LogP contribution in [0.1, 0.15) is 22.4 Å². The molecule has 1 aliphatic heterocycles. The van der Waals surface area contributed by atoms with Gasteiger partial charge in [0.15, 0.2) is 5.82 Å². The van der Waals surface area contributed by atoms with Crippen molar-refractivity contribution in [1.82, 2.24) is 24.8 Å². The highest BCUT2D eigenvalue weighted by molar-refractivity contribution is 5.83. The fourth-order valence-corrected chi connectivity index (χ4v) is 3.77. The Hall–Kier alpha value is -3.05. The lowest BCUT2D eigenvalue weighted by Crippen LogP contribution is -2.31. The number of benzene rings is 1.